The van der Waals surface area contributed by atoms with Crippen LogP contribution in [0.5, 0.6) is 0 Å². The van der Waals surface area contributed by atoms with E-state index in [0.717, 1.165) is 34.5 Å². The summed E-state index contributed by atoms with van der Waals surface area (Å²) in [6.45, 7) is 1.96. The zero-order chi connectivity index (χ0) is 11.0. The number of rotatable bonds is 0. The second kappa shape index (κ2) is 3.89. The molecule has 0 spiro atoms. The molecule has 3 N–H and O–H groups in total. The first-order valence-corrected chi connectivity index (χ1v) is 6.01. The number of nitrogens with one attached hydrogen (secondary N) is 1. The molecule has 0 saturated carbocycles. The summed E-state index contributed by atoms with van der Waals surface area (Å²) in [5, 5.41) is 9.64. The van der Waals surface area contributed by atoms with Crippen LogP contribution in [-0.2, 0) is 13.0 Å². The molecule has 1 aromatic heterocycles. The number of hydrogen-bond acceptors (Lipinski definition) is 4. The number of nitrogen functional groups attached to an aromatic ring is 1. The van der Waals surface area contributed by atoms with Crippen molar-refractivity contribution in [2.45, 2.75) is 13.0 Å². The van der Waals surface area contributed by atoms with E-state index in [0.29, 0.717) is 10.6 Å². The van der Waals surface area contributed by atoms with Crippen molar-refractivity contribution < 1.29 is 4.90 Å². The Bertz CT molecular complexity index is 499. The van der Waals surface area contributed by atoms with Crippen LogP contribution in [0.15, 0.2) is 0 Å². The molecule has 0 amide bonds. The topological polar surface area (TPSA) is 54.2 Å². The standard InChI is InChI=1S/C10H11N3S2/c1-13-3-2-6-7(4-11)9(12)15-10(14)8(6)5-13/h2-3,5,12H2,1H3/p+1. The SMILES string of the molecule is C[NH+]1CCc2c(C#N)c(N)sc(=S)c2C1. The molecule has 2 heterocycles. The summed E-state index contributed by atoms with van der Waals surface area (Å²) in [5.41, 5.74) is 8.71. The quantitative estimate of drug-likeness (QED) is 0.647. The minimum atomic E-state index is 0.570. The maximum atomic E-state index is 9.07. The molecule has 1 aliphatic rings. The number of anilines is 1. The molecular formula is C10H12N3S2+. The summed E-state index contributed by atoms with van der Waals surface area (Å²) in [6.07, 6.45) is 0.908. The molecule has 15 heavy (non-hydrogen) atoms. The highest BCUT2D eigenvalue weighted by atomic mass is 32.1. The van der Waals surface area contributed by atoms with E-state index < -0.39 is 0 Å². The molecule has 5 heteroatoms. The number of fused-ring (bicyclic) bond motifs is 1. The highest BCUT2D eigenvalue weighted by Gasteiger charge is 2.22. The van der Waals surface area contributed by atoms with Crippen LogP contribution in [0.2, 0.25) is 0 Å². The molecular weight excluding hydrogens is 226 g/mol. The summed E-state index contributed by atoms with van der Waals surface area (Å²) >= 11 is 6.66. The summed E-state index contributed by atoms with van der Waals surface area (Å²) in [4.78, 5) is 1.44. The monoisotopic (exact) mass is 238 g/mol. The van der Waals surface area contributed by atoms with Gasteiger partial charge < -0.3 is 10.6 Å². The van der Waals surface area contributed by atoms with Gasteiger partial charge in [-0.15, -0.1) is 11.3 Å². The van der Waals surface area contributed by atoms with Gasteiger partial charge in [0.25, 0.3) is 0 Å². The maximum absolute atomic E-state index is 9.07. The van der Waals surface area contributed by atoms with Gasteiger partial charge in [-0.1, -0.05) is 12.2 Å². The fourth-order valence-electron chi connectivity index (χ4n) is 1.94. The second-order valence-corrected chi connectivity index (χ2v) is 5.55. The number of nitrogens with two attached hydrogens (primary N) is 1. The number of likely N-dealkylation sites (N-methyl/N-ethyl adjacent to an activating group) is 1. The van der Waals surface area contributed by atoms with Crippen LogP contribution in [0.3, 0.4) is 0 Å². The van der Waals surface area contributed by atoms with Gasteiger partial charge >= 0.3 is 0 Å². The van der Waals surface area contributed by atoms with Crippen molar-refractivity contribution in [3.63, 3.8) is 0 Å². The van der Waals surface area contributed by atoms with E-state index in [1.165, 1.54) is 16.2 Å². The first kappa shape index (κ1) is 10.6. The highest BCUT2D eigenvalue weighted by molar-refractivity contribution is 7.73. The van der Waals surface area contributed by atoms with E-state index in [4.69, 9.17) is 23.2 Å². The molecule has 1 atom stereocenters. The van der Waals surface area contributed by atoms with Crippen LogP contribution in [0.25, 0.3) is 0 Å². The molecule has 1 aromatic rings. The Kier molecular flexibility index (Phi) is 2.74. The van der Waals surface area contributed by atoms with Crippen molar-refractivity contribution in [1.29, 1.82) is 5.26 Å². The van der Waals surface area contributed by atoms with Gasteiger partial charge in [-0.25, -0.2) is 0 Å². The number of nitrogens with zero attached hydrogens (tertiary/aromatic N) is 1. The van der Waals surface area contributed by atoms with Crippen LogP contribution < -0.4 is 10.6 Å². The summed E-state index contributed by atoms with van der Waals surface area (Å²) in [6, 6.07) is 2.20. The summed E-state index contributed by atoms with van der Waals surface area (Å²) in [7, 11) is 2.14. The molecule has 1 aliphatic heterocycles. The molecule has 0 aliphatic carbocycles. The normalized spacial score (nSPS) is 19.3. The Labute approximate surface area is 97.8 Å². The minimum absolute atomic E-state index is 0.570. The van der Waals surface area contributed by atoms with Crippen molar-refractivity contribution in [3.05, 3.63) is 20.5 Å². The van der Waals surface area contributed by atoms with Crippen LogP contribution in [-0.4, -0.2) is 13.6 Å². The van der Waals surface area contributed by atoms with Gasteiger partial charge in [0.2, 0.25) is 0 Å². The van der Waals surface area contributed by atoms with Crippen LogP contribution in [0.1, 0.15) is 16.7 Å². The fraction of sp³-hybridized carbons (Fsp3) is 0.400. The summed E-state index contributed by atoms with van der Waals surface area (Å²) in [5.74, 6) is 0. The van der Waals surface area contributed by atoms with Gasteiger partial charge in [-0.2, -0.15) is 5.26 Å². The largest absolute Gasteiger partial charge is 0.389 e. The Hall–Kier alpha value is -0.960. The van der Waals surface area contributed by atoms with Gasteiger partial charge in [0.05, 0.1) is 19.2 Å². The molecule has 2 rings (SSSR count). The van der Waals surface area contributed by atoms with Crippen molar-refractivity contribution in [2.24, 2.45) is 0 Å². The molecule has 0 bridgehead atoms. The molecule has 78 valence electrons. The van der Waals surface area contributed by atoms with Crippen molar-refractivity contribution in [2.75, 3.05) is 19.3 Å². The average Bonchev–Trinajstić information content (AvgIpc) is 2.19. The zero-order valence-electron chi connectivity index (χ0n) is 8.46. The lowest BCUT2D eigenvalue weighted by Crippen LogP contribution is -3.08. The third-order valence-electron chi connectivity index (χ3n) is 2.75. The van der Waals surface area contributed by atoms with E-state index in [9.17, 15) is 0 Å². The lowest BCUT2D eigenvalue weighted by molar-refractivity contribution is -0.895. The maximum Gasteiger partial charge on any atom is 0.105 e. The van der Waals surface area contributed by atoms with Crippen molar-refractivity contribution >= 4 is 28.6 Å². The van der Waals surface area contributed by atoms with Crippen LogP contribution in [0.4, 0.5) is 5.00 Å². The smallest absolute Gasteiger partial charge is 0.105 e. The molecule has 0 radical (unpaired) electrons. The summed E-state index contributed by atoms with van der Waals surface area (Å²) < 4.78 is 0.848. The predicted molar refractivity (Wildman–Crippen MR) is 63.4 cm³/mol. The zero-order valence-corrected chi connectivity index (χ0v) is 10.1. The fourth-order valence-corrected chi connectivity index (χ4v) is 3.20. The number of nitriles is 1. The van der Waals surface area contributed by atoms with E-state index in [2.05, 4.69) is 13.1 Å². The van der Waals surface area contributed by atoms with E-state index in [-0.39, 0.29) is 0 Å². The van der Waals surface area contributed by atoms with E-state index in [1.807, 2.05) is 0 Å². The van der Waals surface area contributed by atoms with Gasteiger partial charge in [0, 0.05) is 12.0 Å². The molecule has 3 nitrogen and oxygen atoms in total. The minimum Gasteiger partial charge on any atom is -0.389 e. The predicted octanol–water partition coefficient (Wildman–Crippen LogP) is 0.502. The van der Waals surface area contributed by atoms with Crippen LogP contribution in [0, 0.1) is 15.2 Å². The third kappa shape index (κ3) is 1.76. The highest BCUT2D eigenvalue weighted by Crippen LogP contribution is 2.28. The Morgan fingerprint density at radius 3 is 2.93 bits per heavy atom. The number of hydrogen-bond donors (Lipinski definition) is 2. The second-order valence-electron chi connectivity index (χ2n) is 3.83. The molecule has 0 saturated heterocycles. The Balaban J connectivity index is 2.69. The lowest BCUT2D eigenvalue weighted by atomic mass is 9.99. The van der Waals surface area contributed by atoms with Crippen LogP contribution >= 0.6 is 23.6 Å². The van der Waals surface area contributed by atoms with Gasteiger partial charge in [0.1, 0.15) is 21.4 Å². The lowest BCUT2D eigenvalue weighted by Gasteiger charge is -2.23. The molecule has 1 unspecified atom stereocenters. The first-order chi connectivity index (χ1) is 7.13. The van der Waals surface area contributed by atoms with E-state index >= 15 is 0 Å². The number of quaternary nitrogens is 1. The van der Waals surface area contributed by atoms with Gasteiger partial charge in [0.15, 0.2) is 0 Å². The Morgan fingerprint density at radius 2 is 2.27 bits per heavy atom. The first-order valence-electron chi connectivity index (χ1n) is 4.79. The molecule has 0 fully saturated rings. The van der Waals surface area contributed by atoms with E-state index in [1.54, 1.807) is 0 Å². The van der Waals surface area contributed by atoms with Crippen molar-refractivity contribution in [1.82, 2.24) is 0 Å². The molecule has 0 aromatic carbocycles. The van der Waals surface area contributed by atoms with Gasteiger partial charge in [-0.3, -0.25) is 0 Å². The van der Waals surface area contributed by atoms with Gasteiger partial charge in [-0.05, 0) is 5.56 Å². The third-order valence-corrected chi connectivity index (χ3v) is 4.11. The average molecular weight is 238 g/mol. The van der Waals surface area contributed by atoms with Crippen molar-refractivity contribution in [3.8, 4) is 6.07 Å². The Morgan fingerprint density at radius 1 is 1.53 bits per heavy atom.